The van der Waals surface area contributed by atoms with Gasteiger partial charge in [0.15, 0.2) is 0 Å². The van der Waals surface area contributed by atoms with Gasteiger partial charge in [0.2, 0.25) is 0 Å². The molecule has 0 unspecified atom stereocenters. The van der Waals surface area contributed by atoms with Crippen LogP contribution in [-0.4, -0.2) is 0 Å². The summed E-state index contributed by atoms with van der Waals surface area (Å²) in [5.41, 5.74) is 0. The lowest BCUT2D eigenvalue weighted by atomic mass is 10.0. The van der Waals surface area contributed by atoms with Crippen molar-refractivity contribution < 1.29 is 0 Å². The van der Waals surface area contributed by atoms with Crippen molar-refractivity contribution in [2.24, 2.45) is 11.8 Å². The summed E-state index contributed by atoms with van der Waals surface area (Å²) in [5.74, 6) is 1.80. The van der Waals surface area contributed by atoms with E-state index in [0.29, 0.717) is 0 Å². The maximum absolute atomic E-state index is 2.33. The SMILES string of the molecule is CCCCCCCCCCCCCC(C)C.CCCCCCCCCCCCCC(C)C. The molecule has 196 valence electrons. The largest absolute Gasteiger partial charge is 0.0654 e. The Kier molecular flexibility index (Phi) is 33.1. The molecule has 0 heterocycles. The standard InChI is InChI=1S/2C16H34/c2*1-4-5-6-7-8-9-10-11-12-13-14-15-16(2)3/h2*16H,4-15H2,1-3H3. The van der Waals surface area contributed by atoms with Crippen LogP contribution in [-0.2, 0) is 0 Å². The molecule has 0 aliphatic rings. The quantitative estimate of drug-likeness (QED) is 0.128. The molecule has 0 spiro atoms. The third kappa shape index (κ3) is 37.3. The van der Waals surface area contributed by atoms with E-state index in [4.69, 9.17) is 0 Å². The van der Waals surface area contributed by atoms with Gasteiger partial charge in [-0.25, -0.2) is 0 Å². The molecule has 0 aromatic heterocycles. The Morgan fingerprint density at radius 2 is 0.469 bits per heavy atom. The fourth-order valence-electron chi connectivity index (χ4n) is 4.43. The van der Waals surface area contributed by atoms with Gasteiger partial charge >= 0.3 is 0 Å². The first-order valence-electron chi connectivity index (χ1n) is 15.5. The molecule has 0 N–H and O–H groups in total. The summed E-state index contributed by atoms with van der Waals surface area (Å²) in [7, 11) is 0. The van der Waals surface area contributed by atoms with Crippen LogP contribution in [0.5, 0.6) is 0 Å². The second kappa shape index (κ2) is 31.0. The van der Waals surface area contributed by atoms with E-state index in [9.17, 15) is 0 Å². The van der Waals surface area contributed by atoms with Crippen LogP contribution >= 0.6 is 0 Å². The molecule has 0 bridgehead atoms. The van der Waals surface area contributed by atoms with Crippen LogP contribution in [0.2, 0.25) is 0 Å². The average Bonchev–Trinajstić information content (AvgIpc) is 2.76. The third-order valence-corrected chi connectivity index (χ3v) is 6.77. The van der Waals surface area contributed by atoms with Crippen molar-refractivity contribution in [3.63, 3.8) is 0 Å². The highest BCUT2D eigenvalue weighted by Gasteiger charge is 1.96. The van der Waals surface area contributed by atoms with E-state index in [-0.39, 0.29) is 0 Å². The lowest BCUT2D eigenvalue weighted by molar-refractivity contribution is 0.504. The summed E-state index contributed by atoms with van der Waals surface area (Å²) in [4.78, 5) is 0. The van der Waals surface area contributed by atoms with Crippen molar-refractivity contribution in [1.82, 2.24) is 0 Å². The number of rotatable bonds is 24. The maximum atomic E-state index is 2.33. The maximum Gasteiger partial charge on any atom is -0.0471 e. The molecule has 0 saturated carbocycles. The van der Waals surface area contributed by atoms with Crippen LogP contribution < -0.4 is 0 Å². The molecule has 32 heavy (non-hydrogen) atoms. The Balaban J connectivity index is 0. The molecule has 0 amide bonds. The Bertz CT molecular complexity index is 260. The van der Waals surface area contributed by atoms with E-state index in [0.717, 1.165) is 11.8 Å². The summed E-state index contributed by atoms with van der Waals surface area (Å²) in [6.07, 6.45) is 35.0. The van der Waals surface area contributed by atoms with Gasteiger partial charge in [-0.1, -0.05) is 196 Å². The Morgan fingerprint density at radius 3 is 0.656 bits per heavy atom. The van der Waals surface area contributed by atoms with Gasteiger partial charge in [-0.05, 0) is 11.8 Å². The van der Waals surface area contributed by atoms with Crippen molar-refractivity contribution in [2.45, 2.75) is 196 Å². The zero-order valence-electron chi connectivity index (χ0n) is 24.1. The van der Waals surface area contributed by atoms with Crippen LogP contribution in [0, 0.1) is 11.8 Å². The second-order valence-corrected chi connectivity index (χ2v) is 11.4. The molecular formula is C32H68. The van der Waals surface area contributed by atoms with E-state index >= 15 is 0 Å². The normalized spacial score (nSPS) is 11.2. The molecule has 0 aromatic carbocycles. The number of unbranched alkanes of at least 4 members (excludes halogenated alkanes) is 20. The molecule has 0 radical (unpaired) electrons. The molecule has 0 heteroatoms. The average molecular weight is 453 g/mol. The van der Waals surface area contributed by atoms with Crippen LogP contribution in [0.25, 0.3) is 0 Å². The molecule has 0 rings (SSSR count). The smallest absolute Gasteiger partial charge is 0.0471 e. The molecule has 0 aliphatic heterocycles. The topological polar surface area (TPSA) is 0 Å². The van der Waals surface area contributed by atoms with Gasteiger partial charge in [-0.2, -0.15) is 0 Å². The Labute approximate surface area is 207 Å². The Hall–Kier alpha value is 0. The summed E-state index contributed by atoms with van der Waals surface area (Å²) in [5, 5.41) is 0. The first-order chi connectivity index (χ1) is 15.5. The minimum absolute atomic E-state index is 0.901. The van der Waals surface area contributed by atoms with Crippen LogP contribution in [0.4, 0.5) is 0 Å². The van der Waals surface area contributed by atoms with Gasteiger partial charge in [0.25, 0.3) is 0 Å². The van der Waals surface area contributed by atoms with E-state index in [1.807, 2.05) is 0 Å². The van der Waals surface area contributed by atoms with Crippen molar-refractivity contribution in [3.8, 4) is 0 Å². The van der Waals surface area contributed by atoms with Crippen molar-refractivity contribution >= 4 is 0 Å². The van der Waals surface area contributed by atoms with Gasteiger partial charge in [0.1, 0.15) is 0 Å². The van der Waals surface area contributed by atoms with Crippen LogP contribution in [0.15, 0.2) is 0 Å². The van der Waals surface area contributed by atoms with Crippen LogP contribution in [0.1, 0.15) is 196 Å². The minimum Gasteiger partial charge on any atom is -0.0654 e. The first-order valence-corrected chi connectivity index (χ1v) is 15.5. The lowest BCUT2D eigenvalue weighted by Crippen LogP contribution is -1.87. The zero-order valence-corrected chi connectivity index (χ0v) is 24.1. The number of hydrogen-bond acceptors (Lipinski definition) is 0. The van der Waals surface area contributed by atoms with Crippen molar-refractivity contribution in [3.05, 3.63) is 0 Å². The molecule has 0 nitrogen and oxygen atoms in total. The molecule has 0 aromatic rings. The first kappa shape index (κ1) is 34.2. The fourth-order valence-corrected chi connectivity index (χ4v) is 4.43. The van der Waals surface area contributed by atoms with Gasteiger partial charge in [-0.3, -0.25) is 0 Å². The van der Waals surface area contributed by atoms with E-state index in [1.165, 1.54) is 154 Å². The van der Waals surface area contributed by atoms with Crippen LogP contribution in [0.3, 0.4) is 0 Å². The highest BCUT2D eigenvalue weighted by molar-refractivity contribution is 4.51. The second-order valence-electron chi connectivity index (χ2n) is 11.4. The monoisotopic (exact) mass is 453 g/mol. The van der Waals surface area contributed by atoms with E-state index in [2.05, 4.69) is 41.5 Å². The number of hydrogen-bond donors (Lipinski definition) is 0. The van der Waals surface area contributed by atoms with E-state index in [1.54, 1.807) is 0 Å². The highest BCUT2D eigenvalue weighted by atomic mass is 14.0. The fraction of sp³-hybridized carbons (Fsp3) is 1.00. The molecule has 0 fully saturated rings. The van der Waals surface area contributed by atoms with Gasteiger partial charge < -0.3 is 0 Å². The summed E-state index contributed by atoms with van der Waals surface area (Å²) < 4.78 is 0. The molecule has 0 saturated heterocycles. The molecule has 0 atom stereocenters. The van der Waals surface area contributed by atoms with Crippen molar-refractivity contribution in [1.29, 1.82) is 0 Å². The van der Waals surface area contributed by atoms with Gasteiger partial charge in [0, 0.05) is 0 Å². The third-order valence-electron chi connectivity index (χ3n) is 6.77. The van der Waals surface area contributed by atoms with Gasteiger partial charge in [-0.15, -0.1) is 0 Å². The zero-order chi connectivity index (χ0) is 24.1. The molecular weight excluding hydrogens is 384 g/mol. The predicted octanol–water partition coefficient (Wildman–Crippen LogP) is 12.7. The minimum atomic E-state index is 0.901. The highest BCUT2D eigenvalue weighted by Crippen LogP contribution is 2.14. The predicted molar refractivity (Wildman–Crippen MR) is 152 cm³/mol. The lowest BCUT2D eigenvalue weighted by Gasteiger charge is -2.04. The van der Waals surface area contributed by atoms with E-state index < -0.39 is 0 Å². The van der Waals surface area contributed by atoms with Gasteiger partial charge in [0.05, 0.1) is 0 Å². The molecule has 0 aliphatic carbocycles. The van der Waals surface area contributed by atoms with Crippen molar-refractivity contribution in [2.75, 3.05) is 0 Å². The summed E-state index contributed by atoms with van der Waals surface area (Å²) in [6.45, 7) is 13.9. The summed E-state index contributed by atoms with van der Waals surface area (Å²) in [6, 6.07) is 0. The Morgan fingerprint density at radius 1 is 0.281 bits per heavy atom. The summed E-state index contributed by atoms with van der Waals surface area (Å²) >= 11 is 0.